The average molecular weight is 176 g/mol. The molecule has 1 aliphatic rings. The number of pyridine rings is 1. The van der Waals surface area contributed by atoms with Crippen molar-refractivity contribution in [3.8, 4) is 0 Å². The third-order valence-corrected chi connectivity index (χ3v) is 2.63. The van der Waals surface area contributed by atoms with Crippen LogP contribution in [-0.4, -0.2) is 4.98 Å². The van der Waals surface area contributed by atoms with Crippen LogP contribution in [0.4, 0.5) is 0 Å². The number of nitrogens with two attached hydrogens (primary N) is 1. The SMILES string of the molecule is Cc1cc([C@H](N)CC2CC2)ccn1. The van der Waals surface area contributed by atoms with Gasteiger partial charge in [-0.3, -0.25) is 4.98 Å². The number of hydrogen-bond donors (Lipinski definition) is 1. The van der Waals surface area contributed by atoms with Crippen molar-refractivity contribution < 1.29 is 0 Å². The van der Waals surface area contributed by atoms with Crippen LogP contribution in [0, 0.1) is 12.8 Å². The number of nitrogens with zero attached hydrogens (tertiary/aromatic N) is 1. The minimum atomic E-state index is 0.217. The standard InChI is InChI=1S/C11H16N2/c1-8-6-10(4-5-13-8)11(12)7-9-2-3-9/h4-6,9,11H,2-3,7,12H2,1H3/t11-/m1/s1. The van der Waals surface area contributed by atoms with Crippen LogP contribution in [0.5, 0.6) is 0 Å². The fraction of sp³-hybridized carbons (Fsp3) is 0.545. The molecule has 1 aromatic rings. The first-order valence-electron chi connectivity index (χ1n) is 4.94. The summed E-state index contributed by atoms with van der Waals surface area (Å²) in [5.41, 5.74) is 8.37. The highest BCUT2D eigenvalue weighted by atomic mass is 14.7. The monoisotopic (exact) mass is 176 g/mol. The van der Waals surface area contributed by atoms with Crippen LogP contribution in [0.25, 0.3) is 0 Å². The Balaban J connectivity index is 2.04. The summed E-state index contributed by atoms with van der Waals surface area (Å²) < 4.78 is 0. The molecule has 2 heteroatoms. The van der Waals surface area contributed by atoms with Crippen molar-refractivity contribution in [2.45, 2.75) is 32.2 Å². The molecular formula is C11H16N2. The van der Waals surface area contributed by atoms with Gasteiger partial charge < -0.3 is 5.73 Å². The van der Waals surface area contributed by atoms with Crippen molar-refractivity contribution in [3.05, 3.63) is 29.6 Å². The molecule has 0 saturated heterocycles. The molecule has 13 heavy (non-hydrogen) atoms. The van der Waals surface area contributed by atoms with Gasteiger partial charge in [0.2, 0.25) is 0 Å². The van der Waals surface area contributed by atoms with E-state index in [1.54, 1.807) is 0 Å². The van der Waals surface area contributed by atoms with Gasteiger partial charge in [-0.05, 0) is 37.0 Å². The van der Waals surface area contributed by atoms with Gasteiger partial charge >= 0.3 is 0 Å². The maximum atomic E-state index is 6.08. The molecule has 0 amide bonds. The second-order valence-corrected chi connectivity index (χ2v) is 4.02. The fourth-order valence-electron chi connectivity index (χ4n) is 1.65. The van der Waals surface area contributed by atoms with E-state index in [1.165, 1.54) is 18.4 Å². The Hall–Kier alpha value is -0.890. The Morgan fingerprint density at radius 2 is 2.38 bits per heavy atom. The molecule has 1 aliphatic carbocycles. The first-order valence-corrected chi connectivity index (χ1v) is 4.94. The number of aromatic nitrogens is 1. The highest BCUT2D eigenvalue weighted by Gasteiger charge is 2.24. The van der Waals surface area contributed by atoms with Crippen molar-refractivity contribution in [2.75, 3.05) is 0 Å². The zero-order valence-corrected chi connectivity index (χ0v) is 8.03. The molecule has 0 aliphatic heterocycles. The number of rotatable bonds is 3. The van der Waals surface area contributed by atoms with Crippen LogP contribution in [0.1, 0.15) is 36.6 Å². The van der Waals surface area contributed by atoms with E-state index in [2.05, 4.69) is 11.1 Å². The third-order valence-electron chi connectivity index (χ3n) is 2.63. The van der Waals surface area contributed by atoms with Crippen LogP contribution in [0.3, 0.4) is 0 Å². The molecule has 0 aromatic carbocycles. The van der Waals surface area contributed by atoms with Gasteiger partial charge in [0, 0.05) is 17.9 Å². The summed E-state index contributed by atoms with van der Waals surface area (Å²) in [6.45, 7) is 2.01. The zero-order chi connectivity index (χ0) is 9.26. The van der Waals surface area contributed by atoms with E-state index < -0.39 is 0 Å². The largest absolute Gasteiger partial charge is 0.324 e. The lowest BCUT2D eigenvalue weighted by Crippen LogP contribution is -2.11. The zero-order valence-electron chi connectivity index (χ0n) is 8.03. The second kappa shape index (κ2) is 3.46. The quantitative estimate of drug-likeness (QED) is 0.766. The normalized spacial score (nSPS) is 18.6. The van der Waals surface area contributed by atoms with Gasteiger partial charge in [-0.15, -0.1) is 0 Å². The summed E-state index contributed by atoms with van der Waals surface area (Å²) in [7, 11) is 0. The topological polar surface area (TPSA) is 38.9 Å². The smallest absolute Gasteiger partial charge is 0.0375 e. The predicted octanol–water partition coefficient (Wildman–Crippen LogP) is 2.19. The molecule has 1 atom stereocenters. The van der Waals surface area contributed by atoms with Crippen LogP contribution in [0.15, 0.2) is 18.3 Å². The number of aryl methyl sites for hydroxylation is 1. The summed E-state index contributed by atoms with van der Waals surface area (Å²) in [5.74, 6) is 0.892. The highest BCUT2D eigenvalue weighted by molar-refractivity contribution is 5.19. The van der Waals surface area contributed by atoms with Gasteiger partial charge in [0.25, 0.3) is 0 Å². The van der Waals surface area contributed by atoms with E-state index >= 15 is 0 Å². The van der Waals surface area contributed by atoms with Crippen LogP contribution in [-0.2, 0) is 0 Å². The van der Waals surface area contributed by atoms with Gasteiger partial charge in [-0.25, -0.2) is 0 Å². The van der Waals surface area contributed by atoms with Gasteiger partial charge in [0.05, 0.1) is 0 Å². The number of hydrogen-bond acceptors (Lipinski definition) is 2. The molecule has 0 bridgehead atoms. The Morgan fingerprint density at radius 3 is 3.00 bits per heavy atom. The molecule has 2 N–H and O–H groups in total. The van der Waals surface area contributed by atoms with E-state index in [1.807, 2.05) is 19.2 Å². The Morgan fingerprint density at radius 1 is 1.62 bits per heavy atom. The summed E-state index contributed by atoms with van der Waals surface area (Å²) in [5, 5.41) is 0. The molecule has 0 spiro atoms. The minimum Gasteiger partial charge on any atom is -0.324 e. The molecule has 70 valence electrons. The van der Waals surface area contributed by atoms with Crippen molar-refractivity contribution in [1.29, 1.82) is 0 Å². The summed E-state index contributed by atoms with van der Waals surface area (Å²) in [6.07, 6.45) is 5.73. The lowest BCUT2D eigenvalue weighted by atomic mass is 10.0. The molecule has 1 saturated carbocycles. The molecule has 1 aromatic heterocycles. The van der Waals surface area contributed by atoms with E-state index in [0.717, 1.165) is 18.0 Å². The van der Waals surface area contributed by atoms with Crippen molar-refractivity contribution in [3.63, 3.8) is 0 Å². The first kappa shape index (κ1) is 8.70. The molecular weight excluding hydrogens is 160 g/mol. The van der Waals surface area contributed by atoms with Crippen molar-refractivity contribution in [1.82, 2.24) is 4.98 Å². The first-order chi connectivity index (χ1) is 6.25. The van der Waals surface area contributed by atoms with E-state index in [4.69, 9.17) is 5.73 Å². The maximum absolute atomic E-state index is 6.08. The predicted molar refractivity (Wildman–Crippen MR) is 53.2 cm³/mol. The van der Waals surface area contributed by atoms with Crippen molar-refractivity contribution >= 4 is 0 Å². The average Bonchev–Trinajstić information content (AvgIpc) is 2.88. The highest BCUT2D eigenvalue weighted by Crippen LogP contribution is 2.36. The lowest BCUT2D eigenvalue weighted by molar-refractivity contribution is 0.596. The fourth-order valence-corrected chi connectivity index (χ4v) is 1.65. The molecule has 0 unspecified atom stereocenters. The van der Waals surface area contributed by atoms with E-state index in [-0.39, 0.29) is 6.04 Å². The molecule has 2 nitrogen and oxygen atoms in total. The van der Waals surface area contributed by atoms with Gasteiger partial charge in [0.15, 0.2) is 0 Å². The van der Waals surface area contributed by atoms with Crippen LogP contribution < -0.4 is 5.73 Å². The van der Waals surface area contributed by atoms with E-state index in [9.17, 15) is 0 Å². The van der Waals surface area contributed by atoms with Crippen LogP contribution >= 0.6 is 0 Å². The van der Waals surface area contributed by atoms with E-state index in [0.29, 0.717) is 0 Å². The molecule has 1 heterocycles. The Kier molecular flexibility index (Phi) is 2.32. The summed E-state index contributed by atoms with van der Waals surface area (Å²) in [6, 6.07) is 4.33. The lowest BCUT2D eigenvalue weighted by Gasteiger charge is -2.11. The Labute approximate surface area is 79.2 Å². The Bertz CT molecular complexity index is 292. The second-order valence-electron chi connectivity index (χ2n) is 4.02. The maximum Gasteiger partial charge on any atom is 0.0375 e. The molecule has 1 fully saturated rings. The van der Waals surface area contributed by atoms with Gasteiger partial charge in [0.1, 0.15) is 0 Å². The molecule has 2 rings (SSSR count). The van der Waals surface area contributed by atoms with Crippen LogP contribution in [0.2, 0.25) is 0 Å². The molecule has 0 radical (unpaired) electrons. The summed E-state index contributed by atoms with van der Waals surface area (Å²) in [4.78, 5) is 4.16. The minimum absolute atomic E-state index is 0.217. The van der Waals surface area contributed by atoms with Gasteiger partial charge in [-0.1, -0.05) is 12.8 Å². The van der Waals surface area contributed by atoms with Crippen molar-refractivity contribution in [2.24, 2.45) is 11.7 Å². The summed E-state index contributed by atoms with van der Waals surface area (Å²) >= 11 is 0. The van der Waals surface area contributed by atoms with Gasteiger partial charge in [-0.2, -0.15) is 0 Å². The third kappa shape index (κ3) is 2.28.